The topological polar surface area (TPSA) is 69.0 Å². The van der Waals surface area contributed by atoms with Gasteiger partial charge in [-0.15, -0.1) is 0 Å². The van der Waals surface area contributed by atoms with Crippen molar-refractivity contribution >= 4 is 5.91 Å². The van der Waals surface area contributed by atoms with Gasteiger partial charge in [-0.05, 0) is 48.2 Å². The Labute approximate surface area is 170 Å². The van der Waals surface area contributed by atoms with Crippen molar-refractivity contribution < 1.29 is 9.53 Å². The average Bonchev–Trinajstić information content (AvgIpc) is 3.45. The van der Waals surface area contributed by atoms with E-state index in [4.69, 9.17) is 4.74 Å². The summed E-state index contributed by atoms with van der Waals surface area (Å²) in [6, 6.07) is 16.0. The Morgan fingerprint density at radius 2 is 1.97 bits per heavy atom. The van der Waals surface area contributed by atoms with Crippen LogP contribution in [0.4, 0.5) is 0 Å². The molecule has 0 saturated heterocycles. The van der Waals surface area contributed by atoms with Gasteiger partial charge in [0.15, 0.2) is 0 Å². The van der Waals surface area contributed by atoms with E-state index in [2.05, 4.69) is 27.5 Å². The van der Waals surface area contributed by atoms with Crippen molar-refractivity contribution in [3.05, 3.63) is 77.9 Å². The first-order valence-corrected chi connectivity index (χ1v) is 10.0. The Hall–Kier alpha value is -3.15. The maximum absolute atomic E-state index is 12.9. The van der Waals surface area contributed by atoms with Gasteiger partial charge in [-0.1, -0.05) is 37.1 Å². The van der Waals surface area contributed by atoms with Crippen LogP contribution in [0.2, 0.25) is 0 Å². The minimum atomic E-state index is -0.0368. The molecule has 3 aromatic rings. The van der Waals surface area contributed by atoms with Crippen LogP contribution in [-0.4, -0.2) is 34.3 Å². The van der Waals surface area contributed by atoms with Gasteiger partial charge in [0.2, 0.25) is 0 Å². The summed E-state index contributed by atoms with van der Waals surface area (Å²) in [7, 11) is 1.68. The van der Waals surface area contributed by atoms with Crippen molar-refractivity contribution in [2.75, 3.05) is 13.7 Å². The molecule has 0 radical (unpaired) electrons. The number of ether oxygens (including phenoxy) is 1. The van der Waals surface area contributed by atoms with Gasteiger partial charge in [0, 0.05) is 17.5 Å². The zero-order valence-corrected chi connectivity index (χ0v) is 16.7. The molecule has 0 atom stereocenters. The van der Waals surface area contributed by atoms with Crippen LogP contribution in [0.25, 0.3) is 0 Å². The lowest BCUT2D eigenvalue weighted by Crippen LogP contribution is -2.39. The molecule has 4 rings (SSSR count). The largest absolute Gasteiger partial charge is 0.497 e. The number of nitrogens with zero attached hydrogens (tertiary/aromatic N) is 3. The molecule has 29 heavy (non-hydrogen) atoms. The number of nitrogens with one attached hydrogen (secondary N) is 1. The number of rotatable bonds is 7. The predicted octanol–water partition coefficient (Wildman–Crippen LogP) is 3.58. The predicted molar refractivity (Wildman–Crippen MR) is 111 cm³/mol. The third kappa shape index (κ3) is 4.31. The van der Waals surface area contributed by atoms with Gasteiger partial charge in [0.1, 0.15) is 18.4 Å². The normalized spacial score (nSPS) is 15.2. The highest BCUT2D eigenvalue weighted by Gasteiger charge is 2.36. The van der Waals surface area contributed by atoms with Crippen LogP contribution < -0.4 is 10.1 Å². The molecule has 1 saturated carbocycles. The fourth-order valence-corrected chi connectivity index (χ4v) is 4.23. The third-order valence-corrected chi connectivity index (χ3v) is 5.85. The van der Waals surface area contributed by atoms with Gasteiger partial charge in [0.25, 0.3) is 5.91 Å². The summed E-state index contributed by atoms with van der Waals surface area (Å²) in [4.78, 5) is 16.8. The first-order chi connectivity index (χ1) is 14.2. The van der Waals surface area contributed by atoms with E-state index < -0.39 is 0 Å². The van der Waals surface area contributed by atoms with Gasteiger partial charge in [-0.3, -0.25) is 4.79 Å². The highest BCUT2D eigenvalue weighted by Crippen LogP contribution is 2.41. The molecule has 1 heterocycles. The molecule has 6 nitrogen and oxygen atoms in total. The highest BCUT2D eigenvalue weighted by molar-refractivity contribution is 5.94. The molecule has 0 bridgehead atoms. The standard InChI is InChI=1S/C23H26N4O2/c1-29-21-9-7-20(8-10-21)23(11-2-3-12-23)15-25-22(28)19-6-4-5-18(13-19)14-27-17-24-16-26-27/h4-10,13,16-17H,2-3,11-12,14-15H2,1H3,(H,25,28). The Balaban J connectivity index is 1.46. The van der Waals surface area contributed by atoms with Crippen molar-refractivity contribution in [3.8, 4) is 5.75 Å². The van der Waals surface area contributed by atoms with E-state index in [0.717, 1.165) is 24.2 Å². The van der Waals surface area contributed by atoms with Crippen LogP contribution >= 0.6 is 0 Å². The Morgan fingerprint density at radius 1 is 1.17 bits per heavy atom. The van der Waals surface area contributed by atoms with Gasteiger partial charge < -0.3 is 10.1 Å². The van der Waals surface area contributed by atoms with E-state index in [0.29, 0.717) is 18.7 Å². The zero-order chi connectivity index (χ0) is 20.1. The number of methoxy groups -OCH3 is 1. The van der Waals surface area contributed by atoms with Crippen LogP contribution in [0.1, 0.15) is 47.2 Å². The summed E-state index contributed by atoms with van der Waals surface area (Å²) in [5.41, 5.74) is 2.97. The van der Waals surface area contributed by atoms with E-state index >= 15 is 0 Å². The molecule has 1 aliphatic rings. The maximum atomic E-state index is 12.9. The van der Waals surface area contributed by atoms with E-state index in [1.54, 1.807) is 18.1 Å². The molecular weight excluding hydrogens is 364 g/mol. The van der Waals surface area contributed by atoms with Crippen molar-refractivity contribution in [1.82, 2.24) is 20.1 Å². The van der Waals surface area contributed by atoms with Crippen LogP contribution in [0, 0.1) is 0 Å². The minimum absolute atomic E-state index is 0.000269. The van der Waals surface area contributed by atoms with Crippen molar-refractivity contribution in [1.29, 1.82) is 0 Å². The van der Waals surface area contributed by atoms with E-state index in [1.165, 1.54) is 24.7 Å². The third-order valence-electron chi connectivity index (χ3n) is 5.85. The smallest absolute Gasteiger partial charge is 0.251 e. The molecule has 6 heteroatoms. The maximum Gasteiger partial charge on any atom is 0.251 e. The van der Waals surface area contributed by atoms with Gasteiger partial charge in [-0.2, -0.15) is 5.10 Å². The van der Waals surface area contributed by atoms with Crippen molar-refractivity contribution in [2.24, 2.45) is 0 Å². The number of hydrogen-bond donors (Lipinski definition) is 1. The Kier molecular flexibility index (Phi) is 5.60. The number of aromatic nitrogens is 3. The summed E-state index contributed by atoms with van der Waals surface area (Å²) >= 11 is 0. The number of carbonyl (C=O) groups excluding carboxylic acids is 1. The number of benzene rings is 2. The SMILES string of the molecule is COc1ccc(C2(CNC(=O)c3cccc(Cn4cncn4)c3)CCCC2)cc1. The molecule has 150 valence electrons. The summed E-state index contributed by atoms with van der Waals surface area (Å²) in [5, 5.41) is 7.32. The second kappa shape index (κ2) is 8.47. The molecule has 2 aromatic carbocycles. The molecule has 1 fully saturated rings. The minimum Gasteiger partial charge on any atom is -0.497 e. The lowest BCUT2D eigenvalue weighted by molar-refractivity contribution is 0.0943. The first kappa shape index (κ1) is 19.2. The Morgan fingerprint density at radius 3 is 2.66 bits per heavy atom. The molecule has 0 unspecified atom stereocenters. The molecule has 1 aliphatic carbocycles. The first-order valence-electron chi connectivity index (χ1n) is 10.0. The summed E-state index contributed by atoms with van der Waals surface area (Å²) < 4.78 is 7.03. The van der Waals surface area contributed by atoms with Gasteiger partial charge in [0.05, 0.1) is 13.7 Å². The van der Waals surface area contributed by atoms with E-state index in [9.17, 15) is 4.79 Å². The quantitative estimate of drug-likeness (QED) is 0.670. The van der Waals surface area contributed by atoms with Crippen LogP contribution in [0.15, 0.2) is 61.2 Å². The zero-order valence-electron chi connectivity index (χ0n) is 16.7. The van der Waals surface area contributed by atoms with Gasteiger partial charge in [-0.25, -0.2) is 9.67 Å². The highest BCUT2D eigenvalue weighted by atomic mass is 16.5. The fourth-order valence-electron chi connectivity index (χ4n) is 4.23. The number of carbonyl (C=O) groups is 1. The molecule has 1 aromatic heterocycles. The van der Waals surface area contributed by atoms with Crippen LogP contribution in [0.3, 0.4) is 0 Å². The second-order valence-corrected chi connectivity index (χ2v) is 7.69. The lowest BCUT2D eigenvalue weighted by atomic mass is 9.78. The molecule has 0 spiro atoms. The van der Waals surface area contributed by atoms with Crippen molar-refractivity contribution in [3.63, 3.8) is 0 Å². The summed E-state index contributed by atoms with van der Waals surface area (Å²) in [6.45, 7) is 1.24. The van der Waals surface area contributed by atoms with E-state index in [1.807, 2.05) is 36.4 Å². The summed E-state index contributed by atoms with van der Waals surface area (Å²) in [6.07, 6.45) is 7.74. The van der Waals surface area contributed by atoms with Crippen molar-refractivity contribution in [2.45, 2.75) is 37.6 Å². The Bertz CT molecular complexity index is 945. The summed E-state index contributed by atoms with van der Waals surface area (Å²) in [5.74, 6) is 0.820. The molecule has 1 amide bonds. The number of hydrogen-bond acceptors (Lipinski definition) is 4. The average molecular weight is 390 g/mol. The van der Waals surface area contributed by atoms with Gasteiger partial charge >= 0.3 is 0 Å². The monoisotopic (exact) mass is 390 g/mol. The van der Waals surface area contributed by atoms with E-state index in [-0.39, 0.29) is 11.3 Å². The van der Waals surface area contributed by atoms with Crippen LogP contribution in [0.5, 0.6) is 5.75 Å². The van der Waals surface area contributed by atoms with Crippen LogP contribution in [-0.2, 0) is 12.0 Å². The molecule has 0 aliphatic heterocycles. The molecule has 1 N–H and O–H groups in total. The fraction of sp³-hybridized carbons (Fsp3) is 0.348. The molecular formula is C23H26N4O2. The number of amides is 1. The lowest BCUT2D eigenvalue weighted by Gasteiger charge is -2.30. The second-order valence-electron chi connectivity index (χ2n) is 7.69.